The average molecular weight is 283 g/mol. The van der Waals surface area contributed by atoms with Gasteiger partial charge < -0.3 is 10.1 Å². The van der Waals surface area contributed by atoms with Gasteiger partial charge >= 0.3 is 0 Å². The van der Waals surface area contributed by atoms with E-state index in [0.29, 0.717) is 0 Å². The zero-order valence-electron chi connectivity index (χ0n) is 9.24. The van der Waals surface area contributed by atoms with Crippen LogP contribution in [0.25, 0.3) is 0 Å². The molecular formula is C12H15BrN2O. The summed E-state index contributed by atoms with van der Waals surface area (Å²) < 4.78 is 6.59. The minimum Gasteiger partial charge on any atom is -0.496 e. The summed E-state index contributed by atoms with van der Waals surface area (Å²) in [6.45, 7) is 3.76. The quantitative estimate of drug-likeness (QED) is 0.922. The Balaban J connectivity index is 2.21. The van der Waals surface area contributed by atoms with E-state index in [1.54, 1.807) is 0 Å². The van der Waals surface area contributed by atoms with Crippen LogP contribution >= 0.6 is 15.9 Å². The van der Waals surface area contributed by atoms with Crippen LogP contribution in [-0.4, -0.2) is 18.1 Å². The molecule has 16 heavy (non-hydrogen) atoms. The number of aromatic nitrogens is 1. The number of hydrogen-bond acceptors (Lipinski definition) is 3. The highest BCUT2D eigenvalue weighted by molar-refractivity contribution is 9.10. The molecule has 4 heteroatoms. The van der Waals surface area contributed by atoms with E-state index < -0.39 is 0 Å². The highest BCUT2D eigenvalue weighted by atomic mass is 79.9. The summed E-state index contributed by atoms with van der Waals surface area (Å²) in [5.74, 6) is 0.997. The van der Waals surface area contributed by atoms with Crippen molar-refractivity contribution in [3.05, 3.63) is 40.3 Å². The molecule has 0 bridgehead atoms. The second-order valence-electron chi connectivity index (χ2n) is 3.64. The highest BCUT2D eigenvalue weighted by Crippen LogP contribution is 2.25. The first kappa shape index (κ1) is 11.6. The summed E-state index contributed by atoms with van der Waals surface area (Å²) in [5, 5.41) is 3.39. The SMILES string of the molecule is CCNC(C1=CCCO1)c1ccc(Br)cn1. The highest BCUT2D eigenvalue weighted by Gasteiger charge is 2.20. The fourth-order valence-corrected chi connectivity index (χ4v) is 1.99. The molecule has 1 aromatic heterocycles. The van der Waals surface area contributed by atoms with Gasteiger partial charge in [-0.25, -0.2) is 0 Å². The number of halogens is 1. The number of hydrogen-bond donors (Lipinski definition) is 1. The van der Waals surface area contributed by atoms with E-state index in [1.165, 1.54) is 0 Å². The van der Waals surface area contributed by atoms with Crippen LogP contribution in [0.3, 0.4) is 0 Å². The standard InChI is InChI=1S/C12H15BrN2O/c1-2-14-12(11-4-3-7-16-11)10-6-5-9(13)8-15-10/h4-6,8,12,14H,2-3,7H2,1H3. The molecule has 1 aliphatic rings. The third kappa shape index (κ3) is 2.62. The van der Waals surface area contributed by atoms with Gasteiger partial charge in [-0.3, -0.25) is 4.98 Å². The maximum atomic E-state index is 5.60. The summed E-state index contributed by atoms with van der Waals surface area (Å²) in [4.78, 5) is 4.41. The van der Waals surface area contributed by atoms with E-state index in [1.807, 2.05) is 18.3 Å². The van der Waals surface area contributed by atoms with Crippen molar-refractivity contribution in [2.45, 2.75) is 19.4 Å². The molecule has 3 nitrogen and oxygen atoms in total. The third-order valence-electron chi connectivity index (χ3n) is 2.47. The van der Waals surface area contributed by atoms with Crippen LogP contribution in [0.5, 0.6) is 0 Å². The zero-order chi connectivity index (χ0) is 11.4. The maximum absolute atomic E-state index is 5.60. The molecule has 0 saturated heterocycles. The molecule has 0 amide bonds. The van der Waals surface area contributed by atoms with E-state index in [-0.39, 0.29) is 6.04 Å². The number of rotatable bonds is 4. The van der Waals surface area contributed by atoms with Gasteiger partial charge in [0.15, 0.2) is 0 Å². The van der Waals surface area contributed by atoms with Crippen LogP contribution in [0.2, 0.25) is 0 Å². The van der Waals surface area contributed by atoms with Crippen molar-refractivity contribution in [1.29, 1.82) is 0 Å². The molecule has 1 unspecified atom stereocenters. The molecule has 1 N–H and O–H groups in total. The van der Waals surface area contributed by atoms with Crippen molar-refractivity contribution in [2.24, 2.45) is 0 Å². The van der Waals surface area contributed by atoms with E-state index in [0.717, 1.165) is 35.5 Å². The van der Waals surface area contributed by atoms with Crippen molar-refractivity contribution in [3.63, 3.8) is 0 Å². The summed E-state index contributed by atoms with van der Waals surface area (Å²) in [5.41, 5.74) is 0.998. The summed E-state index contributed by atoms with van der Waals surface area (Å²) in [7, 11) is 0. The Hall–Kier alpha value is -0.870. The van der Waals surface area contributed by atoms with Crippen LogP contribution in [0.1, 0.15) is 25.1 Å². The van der Waals surface area contributed by atoms with Gasteiger partial charge in [0.05, 0.1) is 12.3 Å². The molecule has 2 rings (SSSR count). The Bertz CT molecular complexity index is 375. The first-order valence-corrected chi connectivity index (χ1v) is 6.28. The Labute approximate surface area is 104 Å². The largest absolute Gasteiger partial charge is 0.496 e. The van der Waals surface area contributed by atoms with Crippen molar-refractivity contribution in [1.82, 2.24) is 10.3 Å². The number of likely N-dealkylation sites (N-methyl/N-ethyl adjacent to an activating group) is 1. The van der Waals surface area contributed by atoms with Gasteiger partial charge in [0.1, 0.15) is 11.8 Å². The Morgan fingerprint density at radius 3 is 3.00 bits per heavy atom. The lowest BCUT2D eigenvalue weighted by Crippen LogP contribution is -2.24. The summed E-state index contributed by atoms with van der Waals surface area (Å²) in [6.07, 6.45) is 4.94. The van der Waals surface area contributed by atoms with Crippen LogP contribution < -0.4 is 5.32 Å². The fourth-order valence-electron chi connectivity index (χ4n) is 1.75. The van der Waals surface area contributed by atoms with E-state index in [9.17, 15) is 0 Å². The molecule has 0 saturated carbocycles. The van der Waals surface area contributed by atoms with Gasteiger partial charge in [-0.05, 0) is 40.7 Å². The lowest BCUT2D eigenvalue weighted by Gasteiger charge is -2.18. The van der Waals surface area contributed by atoms with Crippen LogP contribution in [0.15, 0.2) is 34.6 Å². The second-order valence-corrected chi connectivity index (χ2v) is 4.55. The Kier molecular flexibility index (Phi) is 3.96. The molecular weight excluding hydrogens is 268 g/mol. The minimum atomic E-state index is 0.0839. The average Bonchev–Trinajstić information content (AvgIpc) is 2.81. The van der Waals surface area contributed by atoms with Gasteiger partial charge in [-0.15, -0.1) is 0 Å². The third-order valence-corrected chi connectivity index (χ3v) is 2.94. The first-order chi connectivity index (χ1) is 7.81. The monoisotopic (exact) mass is 282 g/mol. The summed E-state index contributed by atoms with van der Waals surface area (Å²) in [6, 6.07) is 4.10. The van der Waals surface area contributed by atoms with Crippen molar-refractivity contribution < 1.29 is 4.74 Å². The molecule has 86 valence electrons. The number of nitrogens with one attached hydrogen (secondary N) is 1. The fraction of sp³-hybridized carbons (Fsp3) is 0.417. The van der Waals surface area contributed by atoms with E-state index in [2.05, 4.69) is 39.2 Å². The van der Waals surface area contributed by atoms with E-state index in [4.69, 9.17) is 4.74 Å². The molecule has 1 aromatic rings. The summed E-state index contributed by atoms with van der Waals surface area (Å²) >= 11 is 3.39. The van der Waals surface area contributed by atoms with E-state index >= 15 is 0 Å². The van der Waals surface area contributed by atoms with Gasteiger partial charge in [-0.2, -0.15) is 0 Å². The molecule has 0 aromatic carbocycles. The molecule has 1 atom stereocenters. The lowest BCUT2D eigenvalue weighted by atomic mass is 10.1. The number of nitrogens with zero attached hydrogens (tertiary/aromatic N) is 1. The molecule has 0 fully saturated rings. The van der Waals surface area contributed by atoms with Gasteiger partial charge in [0.2, 0.25) is 0 Å². The zero-order valence-corrected chi connectivity index (χ0v) is 10.8. The smallest absolute Gasteiger partial charge is 0.115 e. The molecule has 0 spiro atoms. The van der Waals surface area contributed by atoms with Crippen LogP contribution in [0, 0.1) is 0 Å². The van der Waals surface area contributed by atoms with Crippen molar-refractivity contribution >= 4 is 15.9 Å². The molecule has 0 radical (unpaired) electrons. The predicted molar refractivity (Wildman–Crippen MR) is 67.0 cm³/mol. The Morgan fingerprint density at radius 1 is 1.56 bits per heavy atom. The molecule has 0 aliphatic carbocycles. The minimum absolute atomic E-state index is 0.0839. The molecule has 2 heterocycles. The van der Waals surface area contributed by atoms with Gasteiger partial charge in [0.25, 0.3) is 0 Å². The van der Waals surface area contributed by atoms with Crippen molar-refractivity contribution in [2.75, 3.05) is 13.2 Å². The second kappa shape index (κ2) is 5.46. The number of ether oxygens (including phenoxy) is 1. The van der Waals surface area contributed by atoms with Gasteiger partial charge in [0, 0.05) is 17.1 Å². The number of pyridine rings is 1. The van der Waals surface area contributed by atoms with Crippen LogP contribution in [-0.2, 0) is 4.74 Å². The maximum Gasteiger partial charge on any atom is 0.115 e. The topological polar surface area (TPSA) is 34.1 Å². The van der Waals surface area contributed by atoms with Crippen molar-refractivity contribution in [3.8, 4) is 0 Å². The first-order valence-electron chi connectivity index (χ1n) is 5.49. The molecule has 1 aliphatic heterocycles. The Morgan fingerprint density at radius 2 is 2.44 bits per heavy atom. The van der Waals surface area contributed by atoms with Gasteiger partial charge in [-0.1, -0.05) is 6.92 Å². The normalized spacial score (nSPS) is 16.8. The van der Waals surface area contributed by atoms with Crippen LogP contribution in [0.4, 0.5) is 0 Å². The predicted octanol–water partition coefficient (Wildman–Crippen LogP) is 2.80. The lowest BCUT2D eigenvalue weighted by molar-refractivity contribution is 0.215.